The molecular weight excluding hydrogens is 246 g/mol. The number of aliphatic hydroxyl groups excluding tert-OH is 1. The number of rotatable bonds is 5. The third-order valence-corrected chi connectivity index (χ3v) is 5.39. The lowest BCUT2D eigenvalue weighted by atomic mass is 10.3. The van der Waals surface area contributed by atoms with Crippen molar-refractivity contribution in [2.24, 2.45) is 5.92 Å². The van der Waals surface area contributed by atoms with Crippen LogP contribution in [0.1, 0.15) is 24.6 Å². The van der Waals surface area contributed by atoms with Crippen LogP contribution in [0.15, 0.2) is 16.3 Å². The van der Waals surface area contributed by atoms with Crippen molar-refractivity contribution in [2.75, 3.05) is 0 Å². The SMILES string of the molecule is CCC1CC1NS(=O)(=O)c1csc(CO)c1. The molecule has 0 aromatic carbocycles. The Morgan fingerprint density at radius 1 is 1.62 bits per heavy atom. The lowest BCUT2D eigenvalue weighted by molar-refractivity contribution is 0.285. The topological polar surface area (TPSA) is 66.4 Å². The molecule has 1 aromatic heterocycles. The first-order valence-electron chi connectivity index (χ1n) is 5.27. The molecule has 1 aliphatic rings. The molecule has 0 radical (unpaired) electrons. The second-order valence-electron chi connectivity index (χ2n) is 4.04. The van der Waals surface area contributed by atoms with Crippen LogP contribution in [0.25, 0.3) is 0 Å². The van der Waals surface area contributed by atoms with Crippen molar-refractivity contribution in [1.82, 2.24) is 4.72 Å². The Hall–Kier alpha value is -0.430. The predicted octanol–water partition coefficient (Wildman–Crippen LogP) is 1.32. The average Bonchev–Trinajstić information content (AvgIpc) is 2.81. The van der Waals surface area contributed by atoms with E-state index in [0.29, 0.717) is 10.8 Å². The monoisotopic (exact) mass is 261 g/mol. The zero-order chi connectivity index (χ0) is 11.8. The number of hydrogen-bond donors (Lipinski definition) is 2. The van der Waals surface area contributed by atoms with Gasteiger partial charge < -0.3 is 5.11 Å². The van der Waals surface area contributed by atoms with Gasteiger partial charge in [0.15, 0.2) is 0 Å². The summed E-state index contributed by atoms with van der Waals surface area (Å²) in [4.78, 5) is 0.937. The van der Waals surface area contributed by atoms with Crippen LogP contribution in [0.2, 0.25) is 0 Å². The summed E-state index contributed by atoms with van der Waals surface area (Å²) < 4.78 is 26.5. The summed E-state index contributed by atoms with van der Waals surface area (Å²) in [5.74, 6) is 0.491. The molecule has 1 heterocycles. The van der Waals surface area contributed by atoms with Gasteiger partial charge in [-0.25, -0.2) is 13.1 Å². The molecule has 2 atom stereocenters. The second-order valence-corrected chi connectivity index (χ2v) is 6.75. The van der Waals surface area contributed by atoms with Crippen LogP contribution in [0.3, 0.4) is 0 Å². The van der Waals surface area contributed by atoms with Gasteiger partial charge >= 0.3 is 0 Å². The van der Waals surface area contributed by atoms with Gasteiger partial charge in [0, 0.05) is 16.3 Å². The Balaban J connectivity index is 2.07. The number of nitrogens with one attached hydrogen (secondary N) is 1. The molecule has 1 aromatic rings. The zero-order valence-corrected chi connectivity index (χ0v) is 10.6. The van der Waals surface area contributed by atoms with E-state index in [4.69, 9.17) is 5.11 Å². The Kier molecular flexibility index (Phi) is 3.34. The third-order valence-electron chi connectivity index (χ3n) is 2.85. The quantitative estimate of drug-likeness (QED) is 0.840. The van der Waals surface area contributed by atoms with E-state index in [9.17, 15) is 8.42 Å². The first kappa shape index (κ1) is 12.0. The molecule has 0 bridgehead atoms. The average molecular weight is 261 g/mol. The highest BCUT2D eigenvalue weighted by atomic mass is 32.2. The fourth-order valence-electron chi connectivity index (χ4n) is 1.69. The largest absolute Gasteiger partial charge is 0.391 e. The molecule has 2 rings (SSSR count). The minimum absolute atomic E-state index is 0.104. The van der Waals surface area contributed by atoms with Crippen molar-refractivity contribution < 1.29 is 13.5 Å². The number of hydrogen-bond acceptors (Lipinski definition) is 4. The Bertz CT molecular complexity index is 466. The van der Waals surface area contributed by atoms with Crippen molar-refractivity contribution in [3.63, 3.8) is 0 Å². The maximum atomic E-state index is 11.9. The van der Waals surface area contributed by atoms with Crippen LogP contribution in [0, 0.1) is 5.92 Å². The van der Waals surface area contributed by atoms with E-state index in [-0.39, 0.29) is 17.5 Å². The van der Waals surface area contributed by atoms with Crippen molar-refractivity contribution in [3.8, 4) is 0 Å². The van der Waals surface area contributed by atoms with Gasteiger partial charge in [-0.1, -0.05) is 13.3 Å². The predicted molar refractivity (Wildman–Crippen MR) is 62.7 cm³/mol. The standard InChI is InChI=1S/C10H15NO3S2/c1-2-7-3-10(7)11-16(13,14)9-4-8(5-12)15-6-9/h4,6-7,10-12H,2-3,5H2,1H3. The summed E-state index contributed by atoms with van der Waals surface area (Å²) in [7, 11) is -3.38. The van der Waals surface area contributed by atoms with Crippen LogP contribution >= 0.6 is 11.3 Å². The molecule has 1 saturated carbocycles. The number of sulfonamides is 1. The van der Waals surface area contributed by atoms with Crippen LogP contribution in [-0.2, 0) is 16.6 Å². The van der Waals surface area contributed by atoms with Crippen molar-refractivity contribution in [1.29, 1.82) is 0 Å². The smallest absolute Gasteiger partial charge is 0.241 e. The Labute approximate surface area is 99.4 Å². The molecule has 0 saturated heterocycles. The summed E-state index contributed by atoms with van der Waals surface area (Å²) >= 11 is 1.26. The van der Waals surface area contributed by atoms with Gasteiger partial charge in [-0.2, -0.15) is 0 Å². The molecule has 0 amide bonds. The van der Waals surface area contributed by atoms with Gasteiger partial charge in [-0.3, -0.25) is 0 Å². The fraction of sp³-hybridized carbons (Fsp3) is 0.600. The van der Waals surface area contributed by atoms with Gasteiger partial charge in [-0.15, -0.1) is 11.3 Å². The number of thiophene rings is 1. The lowest BCUT2D eigenvalue weighted by Crippen LogP contribution is -2.26. The highest BCUT2D eigenvalue weighted by Crippen LogP contribution is 2.34. The van der Waals surface area contributed by atoms with Crippen molar-refractivity contribution in [3.05, 3.63) is 16.3 Å². The molecule has 1 aliphatic carbocycles. The van der Waals surface area contributed by atoms with E-state index in [1.807, 2.05) is 0 Å². The number of aliphatic hydroxyl groups is 1. The van der Waals surface area contributed by atoms with E-state index in [0.717, 1.165) is 12.8 Å². The van der Waals surface area contributed by atoms with E-state index >= 15 is 0 Å². The van der Waals surface area contributed by atoms with Gasteiger partial charge in [-0.05, 0) is 18.4 Å². The first-order chi connectivity index (χ1) is 7.56. The molecule has 1 fully saturated rings. The van der Waals surface area contributed by atoms with E-state index in [2.05, 4.69) is 11.6 Å². The third kappa shape index (κ3) is 2.45. The van der Waals surface area contributed by atoms with Crippen LogP contribution in [0.4, 0.5) is 0 Å². The molecule has 90 valence electrons. The van der Waals surface area contributed by atoms with Gasteiger partial charge in [0.05, 0.1) is 11.5 Å². The molecular formula is C10H15NO3S2. The minimum Gasteiger partial charge on any atom is -0.391 e. The summed E-state index contributed by atoms with van der Waals surface area (Å²) in [6.45, 7) is 1.95. The Morgan fingerprint density at radius 3 is 2.88 bits per heavy atom. The van der Waals surface area contributed by atoms with Crippen molar-refractivity contribution in [2.45, 2.75) is 37.3 Å². The maximum Gasteiger partial charge on any atom is 0.241 e. The van der Waals surface area contributed by atoms with Crippen LogP contribution in [-0.4, -0.2) is 19.6 Å². The molecule has 6 heteroatoms. The van der Waals surface area contributed by atoms with E-state index in [1.165, 1.54) is 17.4 Å². The molecule has 0 aliphatic heterocycles. The van der Waals surface area contributed by atoms with E-state index in [1.54, 1.807) is 5.38 Å². The minimum atomic E-state index is -3.38. The molecule has 2 unspecified atom stereocenters. The summed E-state index contributed by atoms with van der Waals surface area (Å²) in [6, 6.07) is 1.63. The maximum absolute atomic E-state index is 11.9. The van der Waals surface area contributed by atoms with Crippen molar-refractivity contribution >= 4 is 21.4 Å². The highest BCUT2D eigenvalue weighted by Gasteiger charge is 2.38. The highest BCUT2D eigenvalue weighted by molar-refractivity contribution is 7.89. The normalized spacial score (nSPS) is 24.6. The summed E-state index contributed by atoms with van der Waals surface area (Å²) in [5.41, 5.74) is 0. The molecule has 0 spiro atoms. The molecule has 16 heavy (non-hydrogen) atoms. The Morgan fingerprint density at radius 2 is 2.38 bits per heavy atom. The van der Waals surface area contributed by atoms with Gasteiger partial charge in [0.1, 0.15) is 0 Å². The van der Waals surface area contributed by atoms with Crippen LogP contribution in [0.5, 0.6) is 0 Å². The summed E-state index contributed by atoms with van der Waals surface area (Å²) in [6.07, 6.45) is 1.95. The van der Waals surface area contributed by atoms with E-state index < -0.39 is 10.0 Å². The first-order valence-corrected chi connectivity index (χ1v) is 7.63. The zero-order valence-electron chi connectivity index (χ0n) is 9.01. The summed E-state index contributed by atoms with van der Waals surface area (Å²) in [5, 5.41) is 10.5. The second kappa shape index (κ2) is 4.44. The van der Waals surface area contributed by atoms with Crippen LogP contribution < -0.4 is 4.72 Å². The lowest BCUT2D eigenvalue weighted by Gasteiger charge is -2.03. The molecule has 2 N–H and O–H groups in total. The van der Waals surface area contributed by atoms with Gasteiger partial charge in [0.2, 0.25) is 10.0 Å². The molecule has 4 nitrogen and oxygen atoms in total. The fourth-order valence-corrected chi connectivity index (χ4v) is 4.15. The van der Waals surface area contributed by atoms with Gasteiger partial charge in [0.25, 0.3) is 0 Å².